The highest BCUT2D eigenvalue weighted by Gasteiger charge is 2.20. The lowest BCUT2D eigenvalue weighted by Gasteiger charge is -2.21. The second-order valence-electron chi connectivity index (χ2n) is 5.78. The molecule has 0 saturated heterocycles. The number of hydrogen-bond acceptors (Lipinski definition) is 1. The fraction of sp³-hybridized carbons (Fsp3) is 0.333. The zero-order chi connectivity index (χ0) is 13.5. The highest BCUT2D eigenvalue weighted by molar-refractivity contribution is 9.10. The van der Waals surface area contributed by atoms with Crippen LogP contribution < -0.4 is 0 Å². The molecule has 2 aromatic carbocycles. The molecule has 0 amide bonds. The van der Waals surface area contributed by atoms with Crippen LogP contribution in [-0.2, 0) is 0 Å². The third-order valence-electron chi connectivity index (χ3n) is 4.55. The third kappa shape index (κ3) is 1.89. The summed E-state index contributed by atoms with van der Waals surface area (Å²) in [5.74, 6) is 0.673. The first-order valence-electron chi connectivity index (χ1n) is 7.44. The van der Waals surface area contributed by atoms with E-state index >= 15 is 0 Å². The van der Waals surface area contributed by atoms with Crippen molar-refractivity contribution in [2.75, 3.05) is 0 Å². The Hall–Kier alpha value is -1.28. The summed E-state index contributed by atoms with van der Waals surface area (Å²) in [6, 6.07) is 12.9. The number of halogens is 1. The molecule has 1 fully saturated rings. The first kappa shape index (κ1) is 12.5. The van der Waals surface area contributed by atoms with E-state index in [1.165, 1.54) is 48.4 Å². The van der Waals surface area contributed by atoms with Crippen molar-refractivity contribution in [1.82, 2.24) is 0 Å². The van der Waals surface area contributed by atoms with Crippen molar-refractivity contribution < 1.29 is 4.42 Å². The van der Waals surface area contributed by atoms with Gasteiger partial charge in [0, 0.05) is 10.8 Å². The SMILES string of the molecule is Brc1cccc2c1oc1c(C3CCCCC3)cccc12. The summed E-state index contributed by atoms with van der Waals surface area (Å²) in [5, 5.41) is 2.47. The van der Waals surface area contributed by atoms with Crippen molar-refractivity contribution in [1.29, 1.82) is 0 Å². The zero-order valence-electron chi connectivity index (χ0n) is 11.4. The largest absolute Gasteiger partial charge is 0.455 e. The maximum atomic E-state index is 6.22. The van der Waals surface area contributed by atoms with Gasteiger partial charge in [-0.25, -0.2) is 0 Å². The second-order valence-corrected chi connectivity index (χ2v) is 6.63. The van der Waals surface area contributed by atoms with Gasteiger partial charge in [-0.1, -0.05) is 49.6 Å². The molecule has 20 heavy (non-hydrogen) atoms. The number of fused-ring (bicyclic) bond motifs is 3. The van der Waals surface area contributed by atoms with E-state index in [-0.39, 0.29) is 0 Å². The first-order chi connectivity index (χ1) is 9.84. The molecule has 2 heteroatoms. The van der Waals surface area contributed by atoms with Gasteiger partial charge in [0.2, 0.25) is 0 Å². The molecule has 0 aliphatic heterocycles. The lowest BCUT2D eigenvalue weighted by atomic mass is 9.83. The Morgan fingerprint density at radius 3 is 2.35 bits per heavy atom. The van der Waals surface area contributed by atoms with Gasteiger partial charge < -0.3 is 4.42 Å². The van der Waals surface area contributed by atoms with Crippen LogP contribution in [0.3, 0.4) is 0 Å². The van der Waals surface area contributed by atoms with Crippen LogP contribution in [-0.4, -0.2) is 0 Å². The summed E-state index contributed by atoms with van der Waals surface area (Å²) < 4.78 is 7.26. The van der Waals surface area contributed by atoms with E-state index in [0.717, 1.165) is 15.6 Å². The average molecular weight is 329 g/mol. The van der Waals surface area contributed by atoms with E-state index < -0.39 is 0 Å². The maximum absolute atomic E-state index is 6.22. The minimum Gasteiger partial charge on any atom is -0.455 e. The van der Waals surface area contributed by atoms with Crippen LogP contribution >= 0.6 is 15.9 Å². The van der Waals surface area contributed by atoms with Gasteiger partial charge in [0.1, 0.15) is 11.2 Å². The maximum Gasteiger partial charge on any atom is 0.149 e. The molecule has 0 unspecified atom stereocenters. The van der Waals surface area contributed by atoms with Crippen LogP contribution in [0.2, 0.25) is 0 Å². The Balaban J connectivity index is 1.98. The summed E-state index contributed by atoms with van der Waals surface area (Å²) in [6.07, 6.45) is 6.70. The highest BCUT2D eigenvalue weighted by Crippen LogP contribution is 2.40. The lowest BCUT2D eigenvalue weighted by molar-refractivity contribution is 0.442. The predicted octanol–water partition coefficient (Wildman–Crippen LogP) is 6.40. The van der Waals surface area contributed by atoms with Crippen molar-refractivity contribution in [2.24, 2.45) is 0 Å². The number of rotatable bonds is 1. The first-order valence-corrected chi connectivity index (χ1v) is 8.23. The van der Waals surface area contributed by atoms with E-state index in [0.29, 0.717) is 5.92 Å². The van der Waals surface area contributed by atoms with Gasteiger partial charge in [-0.2, -0.15) is 0 Å². The molecule has 1 aliphatic carbocycles. The monoisotopic (exact) mass is 328 g/mol. The van der Waals surface area contributed by atoms with Crippen LogP contribution in [0.1, 0.15) is 43.6 Å². The summed E-state index contributed by atoms with van der Waals surface area (Å²) >= 11 is 3.60. The Morgan fingerprint density at radius 1 is 0.850 bits per heavy atom. The van der Waals surface area contributed by atoms with Gasteiger partial charge in [-0.3, -0.25) is 0 Å². The molecule has 3 aromatic rings. The molecule has 0 atom stereocenters. The van der Waals surface area contributed by atoms with E-state index in [9.17, 15) is 0 Å². The normalized spacial score (nSPS) is 17.1. The van der Waals surface area contributed by atoms with Crippen molar-refractivity contribution in [3.05, 3.63) is 46.4 Å². The van der Waals surface area contributed by atoms with E-state index in [4.69, 9.17) is 4.42 Å². The molecule has 0 N–H and O–H groups in total. The number of para-hydroxylation sites is 2. The minimum atomic E-state index is 0.673. The molecular weight excluding hydrogens is 312 g/mol. The van der Waals surface area contributed by atoms with Gasteiger partial charge in [-0.15, -0.1) is 0 Å². The second kappa shape index (κ2) is 4.92. The molecule has 1 aromatic heterocycles. The molecule has 0 radical (unpaired) electrons. The topological polar surface area (TPSA) is 13.1 Å². The van der Waals surface area contributed by atoms with Crippen molar-refractivity contribution in [3.63, 3.8) is 0 Å². The molecule has 1 saturated carbocycles. The molecule has 0 bridgehead atoms. The van der Waals surface area contributed by atoms with Gasteiger partial charge in [-0.05, 0) is 46.3 Å². The van der Waals surface area contributed by atoms with Gasteiger partial charge in [0.25, 0.3) is 0 Å². The quantitative estimate of drug-likeness (QED) is 0.504. The van der Waals surface area contributed by atoms with Crippen molar-refractivity contribution in [2.45, 2.75) is 38.0 Å². The zero-order valence-corrected chi connectivity index (χ0v) is 12.9. The van der Waals surface area contributed by atoms with Crippen LogP contribution in [0.25, 0.3) is 21.9 Å². The molecule has 1 nitrogen and oxygen atoms in total. The van der Waals surface area contributed by atoms with E-state index in [1.54, 1.807) is 0 Å². The summed E-state index contributed by atoms with van der Waals surface area (Å²) in [4.78, 5) is 0. The number of benzene rings is 2. The van der Waals surface area contributed by atoms with Gasteiger partial charge in [0.15, 0.2) is 0 Å². The van der Waals surface area contributed by atoms with Crippen LogP contribution in [0.15, 0.2) is 45.3 Å². The summed E-state index contributed by atoms with van der Waals surface area (Å²) in [6.45, 7) is 0. The predicted molar refractivity (Wildman–Crippen MR) is 87.2 cm³/mol. The standard InChI is InChI=1S/C18H17BrO/c19-16-11-5-10-15-14-9-4-8-13(17(14)20-18(15)16)12-6-2-1-3-7-12/h4-5,8-12H,1-3,6-7H2. The van der Waals surface area contributed by atoms with E-state index in [2.05, 4.69) is 46.3 Å². The third-order valence-corrected chi connectivity index (χ3v) is 5.18. The molecule has 4 rings (SSSR count). The van der Waals surface area contributed by atoms with Crippen molar-refractivity contribution in [3.8, 4) is 0 Å². The Bertz CT molecular complexity index is 766. The summed E-state index contributed by atoms with van der Waals surface area (Å²) in [5.41, 5.74) is 3.48. The Morgan fingerprint density at radius 2 is 1.55 bits per heavy atom. The molecule has 102 valence electrons. The van der Waals surface area contributed by atoms with Crippen LogP contribution in [0, 0.1) is 0 Å². The van der Waals surface area contributed by atoms with Gasteiger partial charge in [0.05, 0.1) is 4.47 Å². The number of hydrogen-bond donors (Lipinski definition) is 0. The smallest absolute Gasteiger partial charge is 0.149 e. The summed E-state index contributed by atoms with van der Waals surface area (Å²) in [7, 11) is 0. The Kier molecular flexibility index (Phi) is 3.07. The fourth-order valence-electron chi connectivity index (χ4n) is 3.54. The molecule has 1 heterocycles. The van der Waals surface area contributed by atoms with E-state index in [1.807, 2.05) is 6.07 Å². The lowest BCUT2D eigenvalue weighted by Crippen LogP contribution is -2.04. The van der Waals surface area contributed by atoms with Crippen molar-refractivity contribution >= 4 is 37.9 Å². The highest BCUT2D eigenvalue weighted by atomic mass is 79.9. The molecule has 1 aliphatic rings. The van der Waals surface area contributed by atoms with Crippen LogP contribution in [0.5, 0.6) is 0 Å². The fourth-order valence-corrected chi connectivity index (χ4v) is 3.99. The Labute approximate surface area is 127 Å². The number of furan rings is 1. The minimum absolute atomic E-state index is 0.673. The molecule has 0 spiro atoms. The van der Waals surface area contributed by atoms with Crippen LogP contribution in [0.4, 0.5) is 0 Å². The van der Waals surface area contributed by atoms with Gasteiger partial charge >= 0.3 is 0 Å². The average Bonchev–Trinajstić information content (AvgIpc) is 2.88. The molecular formula is C18H17BrO.